The fourth-order valence-electron chi connectivity index (χ4n) is 3.91. The van der Waals surface area contributed by atoms with Crippen LogP contribution >= 0.6 is 0 Å². The van der Waals surface area contributed by atoms with Crippen LogP contribution in [0.15, 0.2) is 53.4 Å². The maximum absolute atomic E-state index is 13.0. The molecule has 0 radical (unpaired) electrons. The number of hydrogen-bond acceptors (Lipinski definition) is 7. The molecule has 1 amide bonds. The van der Waals surface area contributed by atoms with Gasteiger partial charge in [-0.2, -0.15) is 8.42 Å². The quantitative estimate of drug-likeness (QED) is 0.231. The van der Waals surface area contributed by atoms with Crippen molar-refractivity contribution >= 4 is 22.0 Å². The van der Waals surface area contributed by atoms with Crippen LogP contribution in [0.5, 0.6) is 5.75 Å². The van der Waals surface area contributed by atoms with E-state index in [2.05, 4.69) is 0 Å². The van der Waals surface area contributed by atoms with Crippen LogP contribution in [0.4, 0.5) is 0 Å². The van der Waals surface area contributed by atoms with Crippen LogP contribution in [0.25, 0.3) is 0 Å². The molecule has 1 heterocycles. The molecular weight excluding hydrogens is 482 g/mol. The van der Waals surface area contributed by atoms with Crippen molar-refractivity contribution in [3.8, 4) is 5.75 Å². The Morgan fingerprint density at radius 3 is 2.47 bits per heavy atom. The van der Waals surface area contributed by atoms with Crippen molar-refractivity contribution in [2.45, 2.75) is 64.0 Å². The molecule has 0 spiro atoms. The zero-order valence-corrected chi connectivity index (χ0v) is 22.0. The lowest BCUT2D eigenvalue weighted by Gasteiger charge is -2.27. The number of esters is 1. The monoisotopic (exact) mass is 517 g/mol. The molecule has 1 aliphatic heterocycles. The SMILES string of the molecule is CCCCOC(=O)c1ccccc1S(=O)(=O)Oc1ccc(CN(CC2CCCO2)C(=O)C(C)C)cc1. The number of hydrogen-bond donors (Lipinski definition) is 0. The average molecular weight is 518 g/mol. The predicted molar refractivity (Wildman–Crippen MR) is 135 cm³/mol. The Hall–Kier alpha value is -2.91. The minimum atomic E-state index is -4.28. The third kappa shape index (κ3) is 7.54. The van der Waals surface area contributed by atoms with Gasteiger partial charge in [-0.3, -0.25) is 4.79 Å². The molecule has 1 saturated heterocycles. The Kier molecular flexibility index (Phi) is 9.89. The van der Waals surface area contributed by atoms with Gasteiger partial charge in [0.1, 0.15) is 10.6 Å². The van der Waals surface area contributed by atoms with Gasteiger partial charge in [-0.05, 0) is 49.1 Å². The fourth-order valence-corrected chi connectivity index (χ4v) is 5.03. The van der Waals surface area contributed by atoms with Gasteiger partial charge in [0.05, 0.1) is 18.3 Å². The molecule has 1 fully saturated rings. The maximum Gasteiger partial charge on any atom is 0.340 e. The van der Waals surface area contributed by atoms with Crippen molar-refractivity contribution in [1.29, 1.82) is 0 Å². The Bertz CT molecular complexity index is 1120. The summed E-state index contributed by atoms with van der Waals surface area (Å²) in [4.78, 5) is 26.7. The summed E-state index contributed by atoms with van der Waals surface area (Å²) in [6.45, 7) is 7.54. The number of amides is 1. The Labute approximate surface area is 213 Å². The molecule has 8 nitrogen and oxygen atoms in total. The minimum Gasteiger partial charge on any atom is -0.462 e. The average Bonchev–Trinajstić information content (AvgIpc) is 3.37. The van der Waals surface area contributed by atoms with Crippen molar-refractivity contribution in [2.24, 2.45) is 5.92 Å². The molecule has 0 saturated carbocycles. The molecule has 1 atom stereocenters. The smallest absolute Gasteiger partial charge is 0.340 e. The van der Waals surface area contributed by atoms with Crippen molar-refractivity contribution < 1.29 is 31.7 Å². The number of rotatable bonds is 12. The van der Waals surface area contributed by atoms with Crippen molar-refractivity contribution in [2.75, 3.05) is 19.8 Å². The summed E-state index contributed by atoms with van der Waals surface area (Å²) in [6, 6.07) is 12.4. The second kappa shape index (κ2) is 12.9. The number of ether oxygens (including phenoxy) is 2. The van der Waals surface area contributed by atoms with Gasteiger partial charge in [0, 0.05) is 25.6 Å². The van der Waals surface area contributed by atoms with Crippen molar-refractivity contribution in [3.63, 3.8) is 0 Å². The van der Waals surface area contributed by atoms with E-state index in [0.717, 1.165) is 24.8 Å². The number of carbonyl (C=O) groups excluding carboxylic acids is 2. The van der Waals surface area contributed by atoms with E-state index in [4.69, 9.17) is 13.7 Å². The third-order valence-corrected chi connectivity index (χ3v) is 7.17. The van der Waals surface area contributed by atoms with Gasteiger partial charge in [0.2, 0.25) is 5.91 Å². The molecule has 36 heavy (non-hydrogen) atoms. The summed E-state index contributed by atoms with van der Waals surface area (Å²) in [5, 5.41) is 0. The number of carbonyl (C=O) groups is 2. The van der Waals surface area contributed by atoms with Gasteiger partial charge in [0.25, 0.3) is 0 Å². The van der Waals surface area contributed by atoms with Gasteiger partial charge in [0.15, 0.2) is 0 Å². The topological polar surface area (TPSA) is 99.2 Å². The van der Waals surface area contributed by atoms with Crippen LogP contribution in [0.1, 0.15) is 62.4 Å². The van der Waals surface area contributed by atoms with E-state index in [0.29, 0.717) is 26.1 Å². The highest BCUT2D eigenvalue weighted by Gasteiger charge is 2.26. The molecule has 0 aromatic heterocycles. The Balaban J connectivity index is 1.71. The van der Waals surface area contributed by atoms with Gasteiger partial charge >= 0.3 is 16.1 Å². The molecule has 0 bridgehead atoms. The Morgan fingerprint density at radius 1 is 1.11 bits per heavy atom. The summed E-state index contributed by atoms with van der Waals surface area (Å²) >= 11 is 0. The molecule has 1 unspecified atom stereocenters. The lowest BCUT2D eigenvalue weighted by molar-refractivity contribution is -0.136. The van der Waals surface area contributed by atoms with Crippen LogP contribution in [0.2, 0.25) is 0 Å². The normalized spacial score (nSPS) is 15.6. The summed E-state index contributed by atoms with van der Waals surface area (Å²) < 4.78 is 42.2. The minimum absolute atomic E-state index is 0.0363. The first-order chi connectivity index (χ1) is 17.2. The lowest BCUT2D eigenvalue weighted by Crippen LogP contribution is -2.39. The highest BCUT2D eigenvalue weighted by Crippen LogP contribution is 2.24. The molecule has 2 aromatic carbocycles. The van der Waals surface area contributed by atoms with E-state index in [1.165, 1.54) is 18.2 Å². The van der Waals surface area contributed by atoms with Crippen molar-refractivity contribution in [1.82, 2.24) is 4.90 Å². The van der Waals surface area contributed by atoms with E-state index >= 15 is 0 Å². The largest absolute Gasteiger partial charge is 0.462 e. The summed E-state index contributed by atoms with van der Waals surface area (Å²) in [5.41, 5.74) is 0.772. The second-order valence-electron chi connectivity index (χ2n) is 9.18. The highest BCUT2D eigenvalue weighted by molar-refractivity contribution is 7.87. The molecule has 196 valence electrons. The molecule has 9 heteroatoms. The molecule has 3 rings (SSSR count). The molecule has 1 aliphatic rings. The first kappa shape index (κ1) is 27.7. The summed E-state index contributed by atoms with van der Waals surface area (Å²) in [6.07, 6.45) is 3.50. The predicted octanol–water partition coefficient (Wildman–Crippen LogP) is 4.57. The van der Waals surface area contributed by atoms with E-state index in [-0.39, 0.29) is 40.7 Å². The van der Waals surface area contributed by atoms with E-state index in [1.54, 1.807) is 35.2 Å². The maximum atomic E-state index is 13.0. The molecule has 0 N–H and O–H groups in total. The van der Waals surface area contributed by atoms with Crippen molar-refractivity contribution in [3.05, 3.63) is 59.7 Å². The number of unbranched alkanes of at least 4 members (excludes halogenated alkanes) is 1. The van der Waals surface area contributed by atoms with E-state index < -0.39 is 16.1 Å². The highest BCUT2D eigenvalue weighted by atomic mass is 32.2. The van der Waals surface area contributed by atoms with Gasteiger partial charge in [-0.25, -0.2) is 4.79 Å². The number of benzene rings is 2. The Morgan fingerprint density at radius 2 is 1.83 bits per heavy atom. The molecular formula is C27H35NO7S. The van der Waals surface area contributed by atoms with E-state index in [9.17, 15) is 18.0 Å². The van der Waals surface area contributed by atoms with Crippen LogP contribution < -0.4 is 4.18 Å². The molecule has 2 aromatic rings. The zero-order chi connectivity index (χ0) is 26.1. The van der Waals surface area contributed by atoms with Gasteiger partial charge in [-0.1, -0.05) is 51.5 Å². The summed E-state index contributed by atoms with van der Waals surface area (Å²) in [5.74, 6) is -0.708. The van der Waals surface area contributed by atoms with Gasteiger partial charge < -0.3 is 18.6 Å². The van der Waals surface area contributed by atoms with Gasteiger partial charge in [-0.15, -0.1) is 0 Å². The van der Waals surface area contributed by atoms with Crippen LogP contribution in [0, 0.1) is 5.92 Å². The molecule has 0 aliphatic carbocycles. The standard InChI is InChI=1S/C27H35NO7S/c1-4-5-16-34-27(30)24-10-6-7-11-25(24)36(31,32)35-22-14-12-21(13-15-22)18-28(26(29)20(2)3)19-23-9-8-17-33-23/h6-7,10-15,20,23H,4-5,8-9,16-19H2,1-3H3. The number of nitrogens with zero attached hydrogens (tertiary/aromatic N) is 1. The van der Waals surface area contributed by atoms with Crippen LogP contribution in [-0.2, 0) is 30.9 Å². The second-order valence-corrected chi connectivity index (χ2v) is 10.7. The van der Waals surface area contributed by atoms with Crippen LogP contribution in [-0.4, -0.2) is 51.1 Å². The van der Waals surface area contributed by atoms with E-state index in [1.807, 2.05) is 20.8 Å². The summed E-state index contributed by atoms with van der Waals surface area (Å²) in [7, 11) is -4.28. The lowest BCUT2D eigenvalue weighted by atomic mass is 10.1. The van der Waals surface area contributed by atoms with Crippen LogP contribution in [0.3, 0.4) is 0 Å². The zero-order valence-electron chi connectivity index (χ0n) is 21.1. The third-order valence-electron chi connectivity index (χ3n) is 5.86. The first-order valence-electron chi connectivity index (χ1n) is 12.4. The fraction of sp³-hybridized carbons (Fsp3) is 0.481. The first-order valence-corrected chi connectivity index (χ1v) is 13.8.